The van der Waals surface area contributed by atoms with Crippen LogP contribution in [-0.4, -0.2) is 18.4 Å². The van der Waals surface area contributed by atoms with Gasteiger partial charge in [-0.2, -0.15) is 0 Å². The molecule has 0 saturated carbocycles. The highest BCUT2D eigenvalue weighted by Gasteiger charge is 2.12. The van der Waals surface area contributed by atoms with E-state index in [1.807, 2.05) is 19.1 Å². The Balaban J connectivity index is 1.89. The summed E-state index contributed by atoms with van der Waals surface area (Å²) in [6, 6.07) is 8.81. The molecule has 21 heavy (non-hydrogen) atoms. The van der Waals surface area contributed by atoms with Gasteiger partial charge in [-0.3, -0.25) is 9.59 Å². The van der Waals surface area contributed by atoms with E-state index < -0.39 is 5.91 Å². The summed E-state index contributed by atoms with van der Waals surface area (Å²) in [5.41, 5.74) is 1.65. The lowest BCUT2D eigenvalue weighted by Crippen LogP contribution is -2.32. The summed E-state index contributed by atoms with van der Waals surface area (Å²) in [6.07, 6.45) is 0. The van der Waals surface area contributed by atoms with Crippen molar-refractivity contribution in [3.63, 3.8) is 0 Å². The first kappa shape index (κ1) is 15.3. The number of amides is 2. The summed E-state index contributed by atoms with van der Waals surface area (Å²) in [7, 11) is 0. The van der Waals surface area contributed by atoms with Gasteiger partial charge < -0.3 is 15.1 Å². The fourth-order valence-electron chi connectivity index (χ4n) is 1.77. The Morgan fingerprint density at radius 2 is 1.95 bits per heavy atom. The molecule has 5 nitrogen and oxygen atoms in total. The predicted octanol–water partition coefficient (Wildman–Crippen LogP) is 3.03. The van der Waals surface area contributed by atoms with Crippen molar-refractivity contribution < 1.29 is 14.0 Å². The van der Waals surface area contributed by atoms with Crippen molar-refractivity contribution in [2.24, 2.45) is 0 Å². The van der Waals surface area contributed by atoms with Gasteiger partial charge in [0, 0.05) is 10.2 Å². The first-order valence-electron chi connectivity index (χ1n) is 6.36. The molecule has 0 aliphatic rings. The van der Waals surface area contributed by atoms with Crippen LogP contribution in [0.5, 0.6) is 0 Å². The van der Waals surface area contributed by atoms with Gasteiger partial charge in [-0.05, 0) is 49.7 Å². The van der Waals surface area contributed by atoms with Crippen molar-refractivity contribution in [2.45, 2.75) is 13.8 Å². The monoisotopic (exact) mass is 350 g/mol. The largest absolute Gasteiger partial charge is 0.456 e. The summed E-state index contributed by atoms with van der Waals surface area (Å²) < 4.78 is 6.12. The van der Waals surface area contributed by atoms with Crippen molar-refractivity contribution in [3.05, 3.63) is 51.9 Å². The predicted molar refractivity (Wildman–Crippen MR) is 83.3 cm³/mol. The molecule has 2 N–H and O–H groups in total. The zero-order chi connectivity index (χ0) is 15.4. The number of carbonyl (C=O) groups is 2. The van der Waals surface area contributed by atoms with Gasteiger partial charge >= 0.3 is 0 Å². The van der Waals surface area contributed by atoms with Gasteiger partial charge in [0.2, 0.25) is 5.91 Å². The first-order chi connectivity index (χ1) is 9.95. The van der Waals surface area contributed by atoms with Gasteiger partial charge in [0.25, 0.3) is 5.91 Å². The molecule has 1 aromatic carbocycles. The Kier molecular flexibility index (Phi) is 4.80. The third kappa shape index (κ3) is 4.19. The fourth-order valence-corrected chi connectivity index (χ4v) is 2.24. The number of hydrogen-bond donors (Lipinski definition) is 2. The second-order valence-corrected chi connectivity index (χ2v) is 5.52. The van der Waals surface area contributed by atoms with E-state index in [0.717, 1.165) is 10.0 Å². The normalized spacial score (nSPS) is 10.2. The molecule has 2 aromatic rings. The Morgan fingerprint density at radius 3 is 2.57 bits per heavy atom. The molecule has 0 aliphatic carbocycles. The highest BCUT2D eigenvalue weighted by atomic mass is 79.9. The molecule has 0 spiro atoms. The minimum Gasteiger partial charge on any atom is -0.456 e. The first-order valence-corrected chi connectivity index (χ1v) is 7.15. The molecular weight excluding hydrogens is 336 g/mol. The van der Waals surface area contributed by atoms with Crippen LogP contribution in [0, 0.1) is 13.8 Å². The molecule has 0 saturated heterocycles. The van der Waals surface area contributed by atoms with Crippen LogP contribution in [0.3, 0.4) is 0 Å². The van der Waals surface area contributed by atoms with Crippen molar-refractivity contribution >= 4 is 33.4 Å². The summed E-state index contributed by atoms with van der Waals surface area (Å²) in [4.78, 5) is 23.6. The van der Waals surface area contributed by atoms with Crippen LogP contribution < -0.4 is 10.6 Å². The van der Waals surface area contributed by atoms with Crippen molar-refractivity contribution in [1.29, 1.82) is 0 Å². The van der Waals surface area contributed by atoms with E-state index in [4.69, 9.17) is 4.42 Å². The lowest BCUT2D eigenvalue weighted by Gasteiger charge is -2.09. The van der Waals surface area contributed by atoms with Crippen LogP contribution in [0.25, 0.3) is 0 Å². The Bertz CT molecular complexity index is 679. The Labute approximate surface area is 130 Å². The van der Waals surface area contributed by atoms with E-state index in [-0.39, 0.29) is 18.2 Å². The molecule has 110 valence electrons. The van der Waals surface area contributed by atoms with E-state index in [1.54, 1.807) is 25.1 Å². The van der Waals surface area contributed by atoms with Gasteiger partial charge in [-0.25, -0.2) is 0 Å². The summed E-state index contributed by atoms with van der Waals surface area (Å²) >= 11 is 3.36. The van der Waals surface area contributed by atoms with E-state index in [0.29, 0.717) is 11.4 Å². The Morgan fingerprint density at radius 1 is 1.19 bits per heavy atom. The number of furan rings is 1. The number of anilines is 1. The number of aryl methyl sites for hydroxylation is 2. The molecule has 0 atom stereocenters. The number of halogens is 1. The highest BCUT2D eigenvalue weighted by molar-refractivity contribution is 9.10. The molecule has 1 aromatic heterocycles. The van der Waals surface area contributed by atoms with Crippen molar-refractivity contribution in [3.8, 4) is 0 Å². The average Bonchev–Trinajstić information content (AvgIpc) is 2.86. The molecule has 2 amide bonds. The molecule has 0 bridgehead atoms. The zero-order valence-corrected chi connectivity index (χ0v) is 13.3. The number of carbonyl (C=O) groups excluding carboxylic acids is 2. The number of nitrogens with one attached hydrogen (secondary N) is 2. The van der Waals surface area contributed by atoms with Gasteiger partial charge in [-0.1, -0.05) is 15.9 Å². The topological polar surface area (TPSA) is 71.3 Å². The van der Waals surface area contributed by atoms with E-state index in [2.05, 4.69) is 26.6 Å². The highest BCUT2D eigenvalue weighted by Crippen LogP contribution is 2.19. The van der Waals surface area contributed by atoms with Crippen molar-refractivity contribution in [1.82, 2.24) is 5.32 Å². The minimum atomic E-state index is -0.411. The average molecular weight is 351 g/mol. The smallest absolute Gasteiger partial charge is 0.287 e. The van der Waals surface area contributed by atoms with Gasteiger partial charge in [-0.15, -0.1) is 0 Å². The third-order valence-corrected chi connectivity index (χ3v) is 3.33. The third-order valence-electron chi connectivity index (χ3n) is 2.84. The van der Waals surface area contributed by atoms with Crippen LogP contribution in [0.4, 0.5) is 5.69 Å². The standard InChI is InChI=1S/C15H15BrN2O3/c1-9-7-11(16)4-5-12(9)18-14(19)8-17-15(20)13-6-3-10(2)21-13/h3-7H,8H2,1-2H3,(H,17,20)(H,18,19). The number of hydrogen-bond acceptors (Lipinski definition) is 3. The van der Waals surface area contributed by atoms with Gasteiger partial charge in [0.1, 0.15) is 5.76 Å². The molecular formula is C15H15BrN2O3. The summed E-state index contributed by atoms with van der Waals surface area (Å²) in [5, 5.41) is 5.25. The molecule has 0 aliphatic heterocycles. The minimum absolute atomic E-state index is 0.117. The molecule has 2 rings (SSSR count). The number of rotatable bonds is 4. The maximum atomic E-state index is 11.8. The van der Waals surface area contributed by atoms with Crippen LogP contribution in [0.1, 0.15) is 21.9 Å². The van der Waals surface area contributed by atoms with E-state index in [9.17, 15) is 9.59 Å². The molecule has 1 heterocycles. The van der Waals surface area contributed by atoms with Gasteiger partial charge in [0.05, 0.1) is 6.54 Å². The summed E-state index contributed by atoms with van der Waals surface area (Å²) in [6.45, 7) is 3.53. The molecule has 0 unspecified atom stereocenters. The van der Waals surface area contributed by atoms with Crippen LogP contribution >= 0.6 is 15.9 Å². The van der Waals surface area contributed by atoms with Crippen LogP contribution in [0.2, 0.25) is 0 Å². The lowest BCUT2D eigenvalue weighted by atomic mass is 10.2. The lowest BCUT2D eigenvalue weighted by molar-refractivity contribution is -0.115. The number of benzene rings is 1. The second-order valence-electron chi connectivity index (χ2n) is 4.60. The fraction of sp³-hybridized carbons (Fsp3) is 0.200. The maximum Gasteiger partial charge on any atom is 0.287 e. The molecule has 0 radical (unpaired) electrons. The SMILES string of the molecule is Cc1ccc(C(=O)NCC(=O)Nc2ccc(Br)cc2C)o1. The van der Waals surface area contributed by atoms with Crippen molar-refractivity contribution in [2.75, 3.05) is 11.9 Å². The van der Waals surface area contributed by atoms with Crippen LogP contribution in [-0.2, 0) is 4.79 Å². The quantitative estimate of drug-likeness (QED) is 0.890. The molecule has 0 fully saturated rings. The molecule has 6 heteroatoms. The van der Waals surface area contributed by atoms with E-state index in [1.165, 1.54) is 0 Å². The maximum absolute atomic E-state index is 11.8. The second kappa shape index (κ2) is 6.58. The van der Waals surface area contributed by atoms with Gasteiger partial charge in [0.15, 0.2) is 5.76 Å². The summed E-state index contributed by atoms with van der Waals surface area (Å²) in [5.74, 6) is 0.137. The Hall–Kier alpha value is -2.08. The van der Waals surface area contributed by atoms with E-state index >= 15 is 0 Å². The zero-order valence-electron chi connectivity index (χ0n) is 11.7. The van der Waals surface area contributed by atoms with Crippen LogP contribution in [0.15, 0.2) is 39.2 Å².